The Morgan fingerprint density at radius 2 is 1.96 bits per heavy atom. The van der Waals surface area contributed by atoms with Crippen LogP contribution in [0.3, 0.4) is 0 Å². The molecule has 132 valence electrons. The summed E-state index contributed by atoms with van der Waals surface area (Å²) < 4.78 is 0. The van der Waals surface area contributed by atoms with Crippen LogP contribution < -0.4 is 0 Å². The van der Waals surface area contributed by atoms with Gasteiger partial charge in [0, 0.05) is 0 Å². The average Bonchev–Trinajstić information content (AvgIpc) is 2.44. The van der Waals surface area contributed by atoms with Crippen molar-refractivity contribution in [1.29, 1.82) is 0 Å². The summed E-state index contributed by atoms with van der Waals surface area (Å²) in [5.41, 5.74) is 0.121. The first kappa shape index (κ1) is 18.7. The van der Waals surface area contributed by atoms with E-state index in [-0.39, 0.29) is 10.8 Å². The van der Waals surface area contributed by atoms with Gasteiger partial charge >= 0.3 is 0 Å². The van der Waals surface area contributed by atoms with E-state index in [2.05, 4.69) is 40.3 Å². The molecule has 2 aliphatic carbocycles. The molecule has 2 aliphatic rings. The second kappa shape index (κ2) is 6.02. The summed E-state index contributed by atoms with van der Waals surface area (Å²) >= 11 is 0. The molecule has 0 radical (unpaired) electrons. The molecule has 3 nitrogen and oxygen atoms in total. The van der Waals surface area contributed by atoms with E-state index < -0.39 is 17.8 Å². The van der Waals surface area contributed by atoms with Gasteiger partial charge in [0.1, 0.15) is 0 Å². The lowest BCUT2D eigenvalue weighted by Crippen LogP contribution is -2.59. The minimum atomic E-state index is -0.855. The third-order valence-electron chi connectivity index (χ3n) is 6.87. The van der Waals surface area contributed by atoms with Gasteiger partial charge in [-0.3, -0.25) is 0 Å². The molecule has 0 spiro atoms. The quantitative estimate of drug-likeness (QED) is 0.695. The molecule has 0 aliphatic heterocycles. The van der Waals surface area contributed by atoms with Gasteiger partial charge in [-0.1, -0.05) is 38.5 Å². The van der Waals surface area contributed by atoms with E-state index in [0.717, 1.165) is 12.8 Å². The van der Waals surface area contributed by atoms with Gasteiger partial charge in [-0.15, -0.1) is 6.58 Å². The number of aliphatic hydroxyl groups excluding tert-OH is 2. The van der Waals surface area contributed by atoms with Gasteiger partial charge in [0.2, 0.25) is 0 Å². The molecule has 0 aromatic heterocycles. The molecule has 1 saturated carbocycles. The Morgan fingerprint density at radius 3 is 2.52 bits per heavy atom. The largest absolute Gasteiger partial charge is 0.390 e. The first-order valence-corrected chi connectivity index (χ1v) is 8.84. The summed E-state index contributed by atoms with van der Waals surface area (Å²) in [6.07, 6.45) is 5.65. The van der Waals surface area contributed by atoms with Crippen molar-refractivity contribution >= 4 is 0 Å². The van der Waals surface area contributed by atoms with Gasteiger partial charge < -0.3 is 15.3 Å². The van der Waals surface area contributed by atoms with Crippen LogP contribution in [0.5, 0.6) is 0 Å². The van der Waals surface area contributed by atoms with Crippen LogP contribution in [0, 0.1) is 22.7 Å². The Hall–Kier alpha value is -0.640. The Labute approximate surface area is 141 Å². The van der Waals surface area contributed by atoms with Gasteiger partial charge in [-0.05, 0) is 62.2 Å². The van der Waals surface area contributed by atoms with Gasteiger partial charge in [0.15, 0.2) is 0 Å². The SMILES string of the molecule is C=C[C@](C)(O)CC[C@H]1C(C)=CC[C@H]2C(C)(C)[C@H](O)[C@H](O)C[C@@]12C. The third kappa shape index (κ3) is 3.16. The highest BCUT2D eigenvalue weighted by Gasteiger charge is 2.57. The zero-order valence-electron chi connectivity index (χ0n) is 15.3. The maximum atomic E-state index is 10.5. The van der Waals surface area contributed by atoms with Crippen LogP contribution in [-0.4, -0.2) is 33.1 Å². The Balaban J connectivity index is 2.33. The van der Waals surface area contributed by atoms with E-state index >= 15 is 0 Å². The Bertz CT molecular complexity index is 491. The highest BCUT2D eigenvalue weighted by molar-refractivity contribution is 5.20. The Kier molecular flexibility index (Phi) is 4.89. The number of hydrogen-bond acceptors (Lipinski definition) is 3. The van der Waals surface area contributed by atoms with E-state index in [1.165, 1.54) is 5.57 Å². The fourth-order valence-corrected chi connectivity index (χ4v) is 5.28. The van der Waals surface area contributed by atoms with Gasteiger partial charge in [0.05, 0.1) is 17.8 Å². The van der Waals surface area contributed by atoms with Crippen molar-refractivity contribution in [2.75, 3.05) is 0 Å². The van der Waals surface area contributed by atoms with E-state index in [1.54, 1.807) is 13.0 Å². The molecule has 0 aromatic rings. The standard InChI is InChI=1S/C20H34O3/c1-7-19(5,23)11-10-14-13(2)8-9-16-18(3,4)17(22)15(21)12-20(14,16)6/h7-8,14-17,21-23H,1,9-12H2,2-6H3/t14-,15+,16-,17+,19-,20-/m0/s1. The number of allylic oxidation sites excluding steroid dienone is 2. The van der Waals surface area contributed by atoms with E-state index in [1.807, 2.05) is 0 Å². The maximum absolute atomic E-state index is 10.5. The second-order valence-corrected chi connectivity index (χ2v) is 8.93. The lowest BCUT2D eigenvalue weighted by molar-refractivity contribution is -0.175. The number of rotatable bonds is 4. The van der Waals surface area contributed by atoms with Crippen molar-refractivity contribution in [2.45, 2.75) is 78.1 Å². The summed E-state index contributed by atoms with van der Waals surface area (Å²) in [5.74, 6) is 0.643. The number of fused-ring (bicyclic) bond motifs is 1. The maximum Gasteiger partial charge on any atom is 0.0853 e. The summed E-state index contributed by atoms with van der Waals surface area (Å²) in [6.45, 7) is 14.1. The zero-order valence-corrected chi connectivity index (χ0v) is 15.3. The summed E-state index contributed by atoms with van der Waals surface area (Å²) in [5, 5.41) is 31.2. The number of hydrogen-bond donors (Lipinski definition) is 3. The van der Waals surface area contributed by atoms with Crippen LogP contribution in [-0.2, 0) is 0 Å². The molecule has 6 atom stereocenters. The minimum Gasteiger partial charge on any atom is -0.390 e. The predicted octanol–water partition coefficient (Wildman–Crippen LogP) is 3.44. The lowest BCUT2D eigenvalue weighted by Gasteiger charge is -2.60. The Morgan fingerprint density at radius 1 is 1.35 bits per heavy atom. The van der Waals surface area contributed by atoms with Gasteiger partial charge in [-0.2, -0.15) is 0 Å². The van der Waals surface area contributed by atoms with E-state index in [4.69, 9.17) is 0 Å². The molecular formula is C20H34O3. The summed E-state index contributed by atoms with van der Waals surface area (Å²) in [7, 11) is 0. The highest BCUT2D eigenvalue weighted by atomic mass is 16.3. The zero-order chi connectivity index (χ0) is 17.6. The molecule has 3 N–H and O–H groups in total. The molecule has 0 unspecified atom stereocenters. The lowest BCUT2D eigenvalue weighted by atomic mass is 9.46. The van der Waals surface area contributed by atoms with Crippen LogP contribution in [0.15, 0.2) is 24.3 Å². The topological polar surface area (TPSA) is 60.7 Å². The summed E-state index contributed by atoms with van der Waals surface area (Å²) in [4.78, 5) is 0. The van der Waals surface area contributed by atoms with Crippen molar-refractivity contribution in [2.24, 2.45) is 22.7 Å². The first-order chi connectivity index (χ1) is 10.5. The van der Waals surface area contributed by atoms with Crippen LogP contribution >= 0.6 is 0 Å². The normalized spacial score (nSPS) is 42.3. The van der Waals surface area contributed by atoms with Crippen molar-refractivity contribution < 1.29 is 15.3 Å². The highest BCUT2D eigenvalue weighted by Crippen LogP contribution is 2.60. The third-order valence-corrected chi connectivity index (χ3v) is 6.87. The molecule has 0 heterocycles. The van der Waals surface area contributed by atoms with E-state index in [9.17, 15) is 15.3 Å². The molecule has 23 heavy (non-hydrogen) atoms. The fourth-order valence-electron chi connectivity index (χ4n) is 5.28. The molecule has 0 bridgehead atoms. The molecule has 0 amide bonds. The molecule has 3 heteroatoms. The molecule has 0 saturated heterocycles. The van der Waals surface area contributed by atoms with Crippen LogP contribution in [0.2, 0.25) is 0 Å². The van der Waals surface area contributed by atoms with Crippen LogP contribution in [0.4, 0.5) is 0 Å². The molecular weight excluding hydrogens is 288 g/mol. The fraction of sp³-hybridized carbons (Fsp3) is 0.800. The average molecular weight is 322 g/mol. The molecule has 0 aromatic carbocycles. The van der Waals surface area contributed by atoms with Gasteiger partial charge in [-0.25, -0.2) is 0 Å². The summed E-state index contributed by atoms with van der Waals surface area (Å²) in [6, 6.07) is 0. The minimum absolute atomic E-state index is 0.0573. The van der Waals surface area contributed by atoms with Gasteiger partial charge in [0.25, 0.3) is 0 Å². The number of aliphatic hydroxyl groups is 3. The van der Waals surface area contributed by atoms with Crippen molar-refractivity contribution in [3.05, 3.63) is 24.3 Å². The molecule has 1 fully saturated rings. The first-order valence-electron chi connectivity index (χ1n) is 8.84. The second-order valence-electron chi connectivity index (χ2n) is 8.93. The van der Waals surface area contributed by atoms with Crippen molar-refractivity contribution in [1.82, 2.24) is 0 Å². The van der Waals surface area contributed by atoms with Crippen LogP contribution in [0.25, 0.3) is 0 Å². The van der Waals surface area contributed by atoms with E-state index in [0.29, 0.717) is 24.7 Å². The smallest absolute Gasteiger partial charge is 0.0853 e. The monoisotopic (exact) mass is 322 g/mol. The van der Waals surface area contributed by atoms with Crippen LogP contribution in [0.1, 0.15) is 60.3 Å². The van der Waals surface area contributed by atoms with Crippen molar-refractivity contribution in [3.63, 3.8) is 0 Å². The van der Waals surface area contributed by atoms with Crippen molar-refractivity contribution in [3.8, 4) is 0 Å². The molecule has 2 rings (SSSR count). The predicted molar refractivity (Wildman–Crippen MR) is 93.9 cm³/mol.